The highest BCUT2D eigenvalue weighted by Crippen LogP contribution is 2.18. The summed E-state index contributed by atoms with van der Waals surface area (Å²) in [5, 5.41) is 0. The second-order valence-corrected chi connectivity index (χ2v) is 4.85. The lowest BCUT2D eigenvalue weighted by Gasteiger charge is -2.36. The van der Waals surface area contributed by atoms with E-state index in [4.69, 9.17) is 15.9 Å². The first kappa shape index (κ1) is 14.4. The third kappa shape index (κ3) is 3.49. The van der Waals surface area contributed by atoms with E-state index in [1.54, 1.807) is 6.07 Å². The molecule has 0 bridgehead atoms. The van der Waals surface area contributed by atoms with Crippen molar-refractivity contribution in [2.75, 3.05) is 24.6 Å². The zero-order chi connectivity index (χ0) is 14.5. The molecule has 0 radical (unpaired) electrons. The molecule has 0 saturated carbocycles. The Hall–Kier alpha value is -2.06. The maximum absolute atomic E-state index is 11.6. The van der Waals surface area contributed by atoms with Gasteiger partial charge in [0.05, 0.1) is 17.8 Å². The van der Waals surface area contributed by atoms with Crippen LogP contribution < -0.4 is 4.90 Å². The molecular weight excluding hydrogens is 256 g/mol. The topological polar surface area (TPSA) is 51.7 Å². The van der Waals surface area contributed by atoms with E-state index in [0.29, 0.717) is 5.56 Å². The maximum atomic E-state index is 11.6. The van der Waals surface area contributed by atoms with Gasteiger partial charge in [0.15, 0.2) is 6.61 Å². The largest absolute Gasteiger partial charge is 0.449 e. The SMILES string of the molecule is C#CCOC(=O)c1ccc(N2C[C@@H](C)O[C@H](C)C2)nc1. The summed E-state index contributed by atoms with van der Waals surface area (Å²) >= 11 is 0. The predicted molar refractivity (Wildman–Crippen MR) is 75.6 cm³/mol. The Morgan fingerprint density at radius 3 is 2.75 bits per heavy atom. The van der Waals surface area contributed by atoms with Crippen LogP contribution in [0.2, 0.25) is 0 Å². The number of terminal acetylenes is 1. The number of carbonyl (C=O) groups excluding carboxylic acids is 1. The number of ether oxygens (including phenoxy) is 2. The molecule has 1 saturated heterocycles. The number of nitrogens with zero attached hydrogens (tertiary/aromatic N) is 2. The minimum Gasteiger partial charge on any atom is -0.449 e. The highest BCUT2D eigenvalue weighted by atomic mass is 16.5. The molecule has 0 aromatic carbocycles. The molecule has 0 aliphatic carbocycles. The van der Waals surface area contributed by atoms with Crippen LogP contribution in [0.15, 0.2) is 18.3 Å². The van der Waals surface area contributed by atoms with Gasteiger partial charge in [0.25, 0.3) is 0 Å². The average Bonchev–Trinajstić information content (AvgIpc) is 2.44. The van der Waals surface area contributed by atoms with E-state index in [0.717, 1.165) is 18.9 Å². The number of hydrogen-bond donors (Lipinski definition) is 0. The number of aromatic nitrogens is 1. The van der Waals surface area contributed by atoms with Gasteiger partial charge in [0.1, 0.15) is 5.82 Å². The second-order valence-electron chi connectivity index (χ2n) is 4.85. The predicted octanol–water partition coefficient (Wildman–Crippen LogP) is 1.49. The molecular formula is C15H18N2O3. The summed E-state index contributed by atoms with van der Waals surface area (Å²) in [6, 6.07) is 3.52. The summed E-state index contributed by atoms with van der Waals surface area (Å²) in [4.78, 5) is 18.1. The van der Waals surface area contributed by atoms with Gasteiger partial charge in [-0.1, -0.05) is 5.92 Å². The van der Waals surface area contributed by atoms with Crippen LogP contribution in [-0.4, -0.2) is 42.9 Å². The van der Waals surface area contributed by atoms with Crippen LogP contribution in [0.25, 0.3) is 0 Å². The fraction of sp³-hybridized carbons (Fsp3) is 0.467. The van der Waals surface area contributed by atoms with E-state index < -0.39 is 5.97 Å². The number of pyridine rings is 1. The molecule has 2 rings (SSSR count). The molecule has 1 aliphatic rings. The first-order chi connectivity index (χ1) is 9.60. The van der Waals surface area contributed by atoms with Crippen LogP contribution in [0, 0.1) is 12.3 Å². The van der Waals surface area contributed by atoms with Crippen molar-refractivity contribution >= 4 is 11.8 Å². The third-order valence-electron chi connectivity index (χ3n) is 3.01. The first-order valence-electron chi connectivity index (χ1n) is 6.57. The standard InChI is InChI=1S/C15H18N2O3/c1-4-7-19-15(18)13-5-6-14(16-8-13)17-9-11(2)20-12(3)10-17/h1,5-6,8,11-12H,7,9-10H2,2-3H3/t11-,12-/m1/s1. The lowest BCUT2D eigenvalue weighted by atomic mass is 10.2. The smallest absolute Gasteiger partial charge is 0.340 e. The molecule has 2 heterocycles. The Balaban J connectivity index is 2.04. The van der Waals surface area contributed by atoms with Crippen molar-refractivity contribution in [3.63, 3.8) is 0 Å². The van der Waals surface area contributed by atoms with Gasteiger partial charge in [-0.3, -0.25) is 0 Å². The quantitative estimate of drug-likeness (QED) is 0.617. The van der Waals surface area contributed by atoms with E-state index >= 15 is 0 Å². The first-order valence-corrected chi connectivity index (χ1v) is 6.57. The molecule has 0 amide bonds. The third-order valence-corrected chi connectivity index (χ3v) is 3.01. The zero-order valence-corrected chi connectivity index (χ0v) is 11.7. The maximum Gasteiger partial charge on any atom is 0.340 e. The Labute approximate surface area is 118 Å². The fourth-order valence-corrected chi connectivity index (χ4v) is 2.25. The molecule has 1 fully saturated rings. The van der Waals surface area contributed by atoms with Gasteiger partial charge < -0.3 is 14.4 Å². The monoisotopic (exact) mass is 274 g/mol. The van der Waals surface area contributed by atoms with E-state index in [2.05, 4.69) is 15.8 Å². The van der Waals surface area contributed by atoms with Crippen LogP contribution in [0.3, 0.4) is 0 Å². The molecule has 20 heavy (non-hydrogen) atoms. The highest BCUT2D eigenvalue weighted by molar-refractivity contribution is 5.89. The van der Waals surface area contributed by atoms with Crippen molar-refractivity contribution in [3.8, 4) is 12.3 Å². The van der Waals surface area contributed by atoms with E-state index in [-0.39, 0.29) is 18.8 Å². The highest BCUT2D eigenvalue weighted by Gasteiger charge is 2.23. The van der Waals surface area contributed by atoms with Gasteiger partial charge in [0.2, 0.25) is 0 Å². The summed E-state index contributed by atoms with van der Waals surface area (Å²) in [5.41, 5.74) is 0.401. The molecule has 0 spiro atoms. The van der Waals surface area contributed by atoms with Crippen molar-refractivity contribution in [2.24, 2.45) is 0 Å². The van der Waals surface area contributed by atoms with Gasteiger partial charge in [-0.2, -0.15) is 0 Å². The average molecular weight is 274 g/mol. The molecule has 0 N–H and O–H groups in total. The Morgan fingerprint density at radius 1 is 1.50 bits per heavy atom. The number of anilines is 1. The summed E-state index contributed by atoms with van der Waals surface area (Å²) in [6.45, 7) is 5.62. The number of morpholine rings is 1. The van der Waals surface area contributed by atoms with Gasteiger partial charge in [0, 0.05) is 19.3 Å². The summed E-state index contributed by atoms with van der Waals surface area (Å²) < 4.78 is 10.5. The summed E-state index contributed by atoms with van der Waals surface area (Å²) in [5.74, 6) is 2.64. The van der Waals surface area contributed by atoms with Crippen molar-refractivity contribution in [2.45, 2.75) is 26.1 Å². The lowest BCUT2D eigenvalue weighted by molar-refractivity contribution is -0.00547. The van der Waals surface area contributed by atoms with Crippen LogP contribution in [0.4, 0.5) is 5.82 Å². The molecule has 1 aromatic rings. The van der Waals surface area contributed by atoms with E-state index in [1.165, 1.54) is 6.20 Å². The van der Waals surface area contributed by atoms with E-state index in [1.807, 2.05) is 19.9 Å². The lowest BCUT2D eigenvalue weighted by Crippen LogP contribution is -2.45. The number of rotatable bonds is 3. The van der Waals surface area contributed by atoms with Gasteiger partial charge in [-0.05, 0) is 26.0 Å². The molecule has 1 aromatic heterocycles. The minimum atomic E-state index is -0.453. The van der Waals surface area contributed by atoms with Crippen molar-refractivity contribution < 1.29 is 14.3 Å². The fourth-order valence-electron chi connectivity index (χ4n) is 2.25. The minimum absolute atomic E-state index is 0.0287. The number of esters is 1. The molecule has 106 valence electrons. The van der Waals surface area contributed by atoms with E-state index in [9.17, 15) is 4.79 Å². The number of hydrogen-bond acceptors (Lipinski definition) is 5. The summed E-state index contributed by atoms with van der Waals surface area (Å²) in [7, 11) is 0. The second kappa shape index (κ2) is 6.40. The normalized spacial score (nSPS) is 22.1. The van der Waals surface area contributed by atoms with Crippen LogP contribution >= 0.6 is 0 Å². The molecule has 1 aliphatic heterocycles. The van der Waals surface area contributed by atoms with Crippen LogP contribution in [0.1, 0.15) is 24.2 Å². The Bertz CT molecular complexity index is 497. The van der Waals surface area contributed by atoms with Crippen LogP contribution in [-0.2, 0) is 9.47 Å². The van der Waals surface area contributed by atoms with Crippen molar-refractivity contribution in [1.82, 2.24) is 4.98 Å². The number of carbonyl (C=O) groups is 1. The Morgan fingerprint density at radius 2 is 2.20 bits per heavy atom. The van der Waals surface area contributed by atoms with Crippen molar-refractivity contribution in [1.29, 1.82) is 0 Å². The molecule has 5 heteroatoms. The summed E-state index contributed by atoms with van der Waals surface area (Å²) in [6.07, 6.45) is 6.89. The van der Waals surface area contributed by atoms with Gasteiger partial charge >= 0.3 is 5.97 Å². The van der Waals surface area contributed by atoms with Crippen molar-refractivity contribution in [3.05, 3.63) is 23.9 Å². The van der Waals surface area contributed by atoms with Gasteiger partial charge in [-0.15, -0.1) is 6.42 Å². The molecule has 0 unspecified atom stereocenters. The molecule has 5 nitrogen and oxygen atoms in total. The van der Waals surface area contributed by atoms with Crippen LogP contribution in [0.5, 0.6) is 0 Å². The Kier molecular flexibility index (Phi) is 4.59. The zero-order valence-electron chi connectivity index (χ0n) is 11.7. The van der Waals surface area contributed by atoms with Gasteiger partial charge in [-0.25, -0.2) is 9.78 Å². The molecule has 2 atom stereocenters.